The number of aromatic nitrogens is 2. The summed E-state index contributed by atoms with van der Waals surface area (Å²) in [5.74, 6) is 0.356. The molecule has 0 spiro atoms. The Kier molecular flexibility index (Phi) is 2.92. The molecule has 0 amide bonds. The molecule has 0 saturated heterocycles. The smallest absolute Gasteiger partial charge is 0.346 e. The summed E-state index contributed by atoms with van der Waals surface area (Å²) in [6, 6.07) is 7.44. The van der Waals surface area contributed by atoms with Gasteiger partial charge in [0.05, 0.1) is 0 Å². The van der Waals surface area contributed by atoms with Crippen LogP contribution in [-0.4, -0.2) is 9.97 Å². The number of nitrogens with two attached hydrogens (primary N) is 1. The number of anilines is 1. The minimum absolute atomic E-state index is 0.356. The molecule has 0 unspecified atom stereocenters. The molecular weight excluding hydrogens is 226 g/mol. The summed E-state index contributed by atoms with van der Waals surface area (Å²) in [4.78, 5) is 17.0. The van der Waals surface area contributed by atoms with Crippen molar-refractivity contribution in [2.24, 2.45) is 0 Å². The molecule has 0 radical (unpaired) electrons. The summed E-state index contributed by atoms with van der Waals surface area (Å²) >= 11 is 5.78. The van der Waals surface area contributed by atoms with Crippen molar-refractivity contribution in [3.8, 4) is 0 Å². The molecular formula is C11H10ClN3O. The van der Waals surface area contributed by atoms with Crippen LogP contribution in [0.15, 0.2) is 35.3 Å². The van der Waals surface area contributed by atoms with Crippen molar-refractivity contribution >= 4 is 17.4 Å². The molecule has 0 aliphatic rings. The van der Waals surface area contributed by atoms with E-state index in [2.05, 4.69) is 9.97 Å². The molecule has 1 aromatic heterocycles. The summed E-state index contributed by atoms with van der Waals surface area (Å²) in [5.41, 5.74) is 7.10. The molecule has 3 N–H and O–H groups in total. The van der Waals surface area contributed by atoms with Gasteiger partial charge in [-0.1, -0.05) is 23.7 Å². The third kappa shape index (κ3) is 2.41. The van der Waals surface area contributed by atoms with E-state index in [-0.39, 0.29) is 0 Å². The summed E-state index contributed by atoms with van der Waals surface area (Å²) in [6.07, 6.45) is 2.11. The number of nitrogen functional groups attached to an aromatic ring is 1. The van der Waals surface area contributed by atoms with Crippen LogP contribution in [0.1, 0.15) is 11.1 Å². The number of rotatable bonds is 2. The average molecular weight is 236 g/mol. The van der Waals surface area contributed by atoms with Crippen molar-refractivity contribution in [3.05, 3.63) is 57.1 Å². The van der Waals surface area contributed by atoms with Gasteiger partial charge in [0.1, 0.15) is 5.82 Å². The van der Waals surface area contributed by atoms with Gasteiger partial charge in [0.2, 0.25) is 0 Å². The highest BCUT2D eigenvalue weighted by atomic mass is 35.5. The van der Waals surface area contributed by atoms with Crippen LogP contribution in [0.4, 0.5) is 5.82 Å². The van der Waals surface area contributed by atoms with Crippen LogP contribution in [0.2, 0.25) is 5.02 Å². The number of hydrogen-bond acceptors (Lipinski definition) is 3. The normalized spacial score (nSPS) is 10.3. The van der Waals surface area contributed by atoms with Crippen molar-refractivity contribution in [1.82, 2.24) is 9.97 Å². The van der Waals surface area contributed by atoms with Crippen molar-refractivity contribution < 1.29 is 0 Å². The maximum Gasteiger partial charge on any atom is 0.346 e. The number of benzene rings is 1. The van der Waals surface area contributed by atoms with E-state index in [1.165, 1.54) is 6.20 Å². The van der Waals surface area contributed by atoms with Gasteiger partial charge in [-0.25, -0.2) is 9.78 Å². The lowest BCUT2D eigenvalue weighted by Gasteiger charge is -2.04. The maximum absolute atomic E-state index is 10.9. The van der Waals surface area contributed by atoms with E-state index in [0.29, 0.717) is 17.3 Å². The van der Waals surface area contributed by atoms with Gasteiger partial charge in [-0.15, -0.1) is 0 Å². The number of halogens is 1. The van der Waals surface area contributed by atoms with Crippen LogP contribution in [0, 0.1) is 0 Å². The topological polar surface area (TPSA) is 71.8 Å². The Hall–Kier alpha value is -1.81. The first kappa shape index (κ1) is 10.7. The van der Waals surface area contributed by atoms with E-state index >= 15 is 0 Å². The standard InChI is InChI=1S/C11H10ClN3O/c12-9-3-1-7(2-4-9)5-8-6-14-11(16)15-10(8)13/h1-4,6H,5H2,(H3,13,14,15,16). The van der Waals surface area contributed by atoms with Crippen LogP contribution in [0.25, 0.3) is 0 Å². The van der Waals surface area contributed by atoms with Gasteiger partial charge in [-0.05, 0) is 17.7 Å². The molecule has 0 saturated carbocycles. The van der Waals surface area contributed by atoms with E-state index in [9.17, 15) is 4.79 Å². The predicted molar refractivity (Wildman–Crippen MR) is 63.5 cm³/mol. The third-order valence-corrected chi connectivity index (χ3v) is 2.49. The Labute approximate surface area is 97.1 Å². The molecule has 0 atom stereocenters. The summed E-state index contributed by atoms with van der Waals surface area (Å²) < 4.78 is 0. The zero-order valence-electron chi connectivity index (χ0n) is 8.40. The van der Waals surface area contributed by atoms with Crippen molar-refractivity contribution in [2.75, 3.05) is 5.73 Å². The Morgan fingerprint density at radius 3 is 2.62 bits per heavy atom. The lowest BCUT2D eigenvalue weighted by molar-refractivity contribution is 1.03. The molecule has 5 heteroatoms. The molecule has 4 nitrogen and oxygen atoms in total. The van der Waals surface area contributed by atoms with Crippen LogP contribution < -0.4 is 11.4 Å². The molecule has 82 valence electrons. The first-order valence-corrected chi connectivity index (χ1v) is 5.11. The van der Waals surface area contributed by atoms with E-state index in [0.717, 1.165) is 11.1 Å². The van der Waals surface area contributed by atoms with Crippen LogP contribution in [-0.2, 0) is 6.42 Å². The second-order valence-electron chi connectivity index (χ2n) is 3.43. The fraction of sp³-hybridized carbons (Fsp3) is 0.0909. The third-order valence-electron chi connectivity index (χ3n) is 2.23. The quantitative estimate of drug-likeness (QED) is 0.831. The zero-order valence-corrected chi connectivity index (χ0v) is 9.16. The molecule has 0 aliphatic heterocycles. The Bertz CT molecular complexity index is 548. The second-order valence-corrected chi connectivity index (χ2v) is 3.87. The number of hydrogen-bond donors (Lipinski definition) is 2. The number of nitrogens with one attached hydrogen (secondary N) is 1. The summed E-state index contributed by atoms with van der Waals surface area (Å²) in [7, 11) is 0. The maximum atomic E-state index is 10.9. The van der Waals surface area contributed by atoms with Crippen LogP contribution in [0.3, 0.4) is 0 Å². The minimum atomic E-state index is -0.433. The zero-order chi connectivity index (χ0) is 11.5. The van der Waals surface area contributed by atoms with E-state index in [1.807, 2.05) is 24.3 Å². The lowest BCUT2D eigenvalue weighted by atomic mass is 10.1. The molecule has 0 bridgehead atoms. The van der Waals surface area contributed by atoms with Crippen molar-refractivity contribution in [1.29, 1.82) is 0 Å². The molecule has 2 aromatic rings. The van der Waals surface area contributed by atoms with Gasteiger partial charge in [-0.3, -0.25) is 4.98 Å². The molecule has 1 heterocycles. The Morgan fingerprint density at radius 2 is 2.00 bits per heavy atom. The van der Waals surface area contributed by atoms with Crippen molar-refractivity contribution in [3.63, 3.8) is 0 Å². The summed E-state index contributed by atoms with van der Waals surface area (Å²) in [5, 5.41) is 0.691. The highest BCUT2D eigenvalue weighted by molar-refractivity contribution is 6.30. The first-order chi connectivity index (χ1) is 7.65. The Morgan fingerprint density at radius 1 is 1.31 bits per heavy atom. The van der Waals surface area contributed by atoms with Gasteiger partial charge in [0, 0.05) is 23.2 Å². The van der Waals surface area contributed by atoms with Gasteiger partial charge >= 0.3 is 5.69 Å². The van der Waals surface area contributed by atoms with Gasteiger partial charge in [0.25, 0.3) is 0 Å². The molecule has 16 heavy (non-hydrogen) atoms. The Balaban J connectivity index is 2.27. The SMILES string of the molecule is Nc1[nH]c(=O)ncc1Cc1ccc(Cl)cc1. The first-order valence-electron chi connectivity index (χ1n) is 4.73. The highest BCUT2D eigenvalue weighted by Gasteiger charge is 2.02. The van der Waals surface area contributed by atoms with Crippen LogP contribution in [0.5, 0.6) is 0 Å². The molecule has 1 aromatic carbocycles. The largest absolute Gasteiger partial charge is 0.385 e. The molecule has 2 rings (SSSR count). The fourth-order valence-electron chi connectivity index (χ4n) is 1.40. The van der Waals surface area contributed by atoms with Crippen LogP contribution >= 0.6 is 11.6 Å². The lowest BCUT2D eigenvalue weighted by Crippen LogP contribution is -2.14. The number of aromatic amines is 1. The van der Waals surface area contributed by atoms with Gasteiger partial charge in [-0.2, -0.15) is 0 Å². The number of H-pyrrole nitrogens is 1. The van der Waals surface area contributed by atoms with Gasteiger partial charge < -0.3 is 5.73 Å². The highest BCUT2D eigenvalue weighted by Crippen LogP contribution is 2.14. The van der Waals surface area contributed by atoms with E-state index in [4.69, 9.17) is 17.3 Å². The molecule has 0 fully saturated rings. The monoisotopic (exact) mass is 235 g/mol. The van der Waals surface area contributed by atoms with Gasteiger partial charge in [0.15, 0.2) is 0 Å². The van der Waals surface area contributed by atoms with E-state index < -0.39 is 5.69 Å². The summed E-state index contributed by atoms with van der Waals surface area (Å²) in [6.45, 7) is 0. The fourth-order valence-corrected chi connectivity index (χ4v) is 1.52. The number of nitrogens with zero attached hydrogens (tertiary/aromatic N) is 1. The van der Waals surface area contributed by atoms with E-state index in [1.54, 1.807) is 0 Å². The van der Waals surface area contributed by atoms with Crippen molar-refractivity contribution in [2.45, 2.75) is 6.42 Å². The average Bonchev–Trinajstić information content (AvgIpc) is 2.25. The second kappa shape index (κ2) is 4.37. The minimum Gasteiger partial charge on any atom is -0.385 e. The predicted octanol–water partition coefficient (Wildman–Crippen LogP) is 1.60. The molecule has 0 aliphatic carbocycles.